The van der Waals surface area contributed by atoms with Gasteiger partial charge in [0.05, 0.1) is 11.1 Å². The Morgan fingerprint density at radius 2 is 0.846 bits per heavy atom. The number of para-hydroxylation sites is 1. The van der Waals surface area contributed by atoms with Crippen LogP contribution in [-0.4, -0.2) is 0 Å². The molecule has 0 radical (unpaired) electrons. The molecule has 52 heavy (non-hydrogen) atoms. The highest BCUT2D eigenvalue weighted by molar-refractivity contribution is 9.11. The maximum absolute atomic E-state index is 3.79. The van der Waals surface area contributed by atoms with E-state index in [0.717, 1.165) is 37.1 Å². The molecule has 3 heteroatoms. The van der Waals surface area contributed by atoms with E-state index in [-0.39, 0.29) is 0 Å². The maximum atomic E-state index is 3.79. The highest BCUT2D eigenvalue weighted by atomic mass is 79.9. The Hall–Kier alpha value is -5.48. The van der Waals surface area contributed by atoms with Gasteiger partial charge in [0.2, 0.25) is 0 Å². The normalized spacial score (nSPS) is 13.0. The molecular formula is C49H31Br2N. The number of anilines is 3. The summed E-state index contributed by atoms with van der Waals surface area (Å²) in [6, 6.07) is 68.9. The van der Waals surface area contributed by atoms with E-state index in [2.05, 4.69) is 225 Å². The monoisotopic (exact) mass is 791 g/mol. The Kier molecular flexibility index (Phi) is 7.42. The molecule has 0 saturated heterocycles. The first-order valence-corrected chi connectivity index (χ1v) is 19.2. The second-order valence-electron chi connectivity index (χ2n) is 13.5. The van der Waals surface area contributed by atoms with Crippen LogP contribution in [-0.2, 0) is 5.41 Å². The lowest BCUT2D eigenvalue weighted by Gasteiger charge is -2.32. The van der Waals surface area contributed by atoms with E-state index in [9.17, 15) is 0 Å². The van der Waals surface area contributed by atoms with Crippen LogP contribution in [0.2, 0.25) is 0 Å². The van der Waals surface area contributed by atoms with Crippen molar-refractivity contribution in [1.29, 1.82) is 0 Å². The lowest BCUT2D eigenvalue weighted by atomic mass is 9.70. The van der Waals surface area contributed by atoms with Crippen LogP contribution in [0.3, 0.4) is 0 Å². The fourth-order valence-electron chi connectivity index (χ4n) is 8.69. The van der Waals surface area contributed by atoms with E-state index in [4.69, 9.17) is 0 Å². The summed E-state index contributed by atoms with van der Waals surface area (Å²) in [6.45, 7) is 0. The van der Waals surface area contributed by atoms with Gasteiger partial charge in [0.25, 0.3) is 0 Å². The largest absolute Gasteiger partial charge is 0.310 e. The first kappa shape index (κ1) is 31.3. The van der Waals surface area contributed by atoms with Crippen molar-refractivity contribution in [1.82, 2.24) is 0 Å². The number of rotatable bonds is 5. The molecule has 8 aromatic rings. The number of fused-ring (bicyclic) bond motifs is 10. The van der Waals surface area contributed by atoms with Gasteiger partial charge < -0.3 is 4.90 Å². The van der Waals surface area contributed by atoms with Gasteiger partial charge >= 0.3 is 0 Å². The van der Waals surface area contributed by atoms with E-state index >= 15 is 0 Å². The Labute approximate surface area is 321 Å². The fourth-order valence-corrected chi connectivity index (χ4v) is 9.53. The van der Waals surface area contributed by atoms with Crippen molar-refractivity contribution in [3.63, 3.8) is 0 Å². The predicted octanol–water partition coefficient (Wildman–Crippen LogP) is 14.4. The third-order valence-corrected chi connectivity index (χ3v) is 12.0. The summed E-state index contributed by atoms with van der Waals surface area (Å²) in [5.41, 5.74) is 18.1. The second-order valence-corrected chi connectivity index (χ2v) is 15.3. The topological polar surface area (TPSA) is 3.24 Å². The molecule has 0 saturated carbocycles. The van der Waals surface area contributed by atoms with E-state index < -0.39 is 5.41 Å². The van der Waals surface area contributed by atoms with Gasteiger partial charge in [-0.05, 0) is 110 Å². The van der Waals surface area contributed by atoms with Crippen molar-refractivity contribution in [2.45, 2.75) is 5.41 Å². The average molecular weight is 794 g/mol. The molecule has 8 aromatic carbocycles. The molecule has 0 aliphatic heterocycles. The van der Waals surface area contributed by atoms with Gasteiger partial charge in [0, 0.05) is 25.9 Å². The Morgan fingerprint density at radius 1 is 0.346 bits per heavy atom. The van der Waals surface area contributed by atoms with Gasteiger partial charge in [0.1, 0.15) is 0 Å². The van der Waals surface area contributed by atoms with Crippen LogP contribution in [0.4, 0.5) is 17.1 Å². The van der Waals surface area contributed by atoms with Gasteiger partial charge in [0.15, 0.2) is 0 Å². The molecular weight excluding hydrogens is 762 g/mol. The minimum atomic E-state index is -0.420. The molecule has 0 amide bonds. The zero-order chi connectivity index (χ0) is 34.8. The Balaban J connectivity index is 1.23. The first-order valence-electron chi connectivity index (χ1n) is 17.6. The van der Waals surface area contributed by atoms with E-state index in [1.165, 1.54) is 55.6 Å². The molecule has 246 valence electrons. The number of hydrogen-bond acceptors (Lipinski definition) is 1. The Morgan fingerprint density at radius 3 is 1.48 bits per heavy atom. The van der Waals surface area contributed by atoms with Crippen molar-refractivity contribution >= 4 is 48.9 Å². The Bertz CT molecular complexity index is 2600. The highest BCUT2D eigenvalue weighted by Gasteiger charge is 2.51. The molecule has 0 bridgehead atoms. The number of hydrogen-bond donors (Lipinski definition) is 0. The van der Waals surface area contributed by atoms with Crippen LogP contribution in [0.25, 0.3) is 44.5 Å². The summed E-state index contributed by atoms with van der Waals surface area (Å²) in [7, 11) is 0. The van der Waals surface area contributed by atoms with Crippen molar-refractivity contribution in [3.8, 4) is 44.5 Å². The van der Waals surface area contributed by atoms with E-state index in [1.807, 2.05) is 0 Å². The van der Waals surface area contributed by atoms with Crippen molar-refractivity contribution in [2.24, 2.45) is 0 Å². The SMILES string of the molecule is Brc1ccc(Br)c(-c2ccc(N(c3ccc4c(c3)C3(c5ccccc5-c5ccccc53)c3ccccc3-4)c3ccccc3-c3ccccc3)cc2)c1. The maximum Gasteiger partial charge on any atom is 0.0726 e. The molecule has 0 atom stereocenters. The van der Waals surface area contributed by atoms with Crippen LogP contribution >= 0.6 is 31.9 Å². The van der Waals surface area contributed by atoms with Gasteiger partial charge in [-0.25, -0.2) is 0 Å². The summed E-state index contributed by atoms with van der Waals surface area (Å²) in [4.78, 5) is 2.44. The molecule has 1 spiro atoms. The molecule has 2 aliphatic rings. The lowest BCUT2D eigenvalue weighted by Crippen LogP contribution is -2.26. The highest BCUT2D eigenvalue weighted by Crippen LogP contribution is 2.63. The van der Waals surface area contributed by atoms with Crippen molar-refractivity contribution < 1.29 is 0 Å². The van der Waals surface area contributed by atoms with E-state index in [0.29, 0.717) is 0 Å². The van der Waals surface area contributed by atoms with Crippen molar-refractivity contribution in [3.05, 3.63) is 219 Å². The summed E-state index contributed by atoms with van der Waals surface area (Å²) in [6.07, 6.45) is 0. The third-order valence-electron chi connectivity index (χ3n) is 10.8. The zero-order valence-corrected chi connectivity index (χ0v) is 31.3. The van der Waals surface area contributed by atoms with Crippen LogP contribution in [0.15, 0.2) is 197 Å². The van der Waals surface area contributed by atoms with Crippen molar-refractivity contribution in [2.75, 3.05) is 4.90 Å². The first-order chi connectivity index (χ1) is 25.6. The third kappa shape index (κ3) is 4.66. The lowest BCUT2D eigenvalue weighted by molar-refractivity contribution is 0.793. The van der Waals surface area contributed by atoms with Gasteiger partial charge in [-0.15, -0.1) is 0 Å². The average Bonchev–Trinajstić information content (AvgIpc) is 3.67. The van der Waals surface area contributed by atoms with E-state index in [1.54, 1.807) is 0 Å². The molecule has 0 heterocycles. The molecule has 2 aliphatic carbocycles. The van der Waals surface area contributed by atoms with Gasteiger partial charge in [-0.3, -0.25) is 0 Å². The minimum Gasteiger partial charge on any atom is -0.310 e. The predicted molar refractivity (Wildman–Crippen MR) is 224 cm³/mol. The van der Waals surface area contributed by atoms with Crippen LogP contribution in [0.1, 0.15) is 22.3 Å². The second kappa shape index (κ2) is 12.3. The van der Waals surface area contributed by atoms with Crippen LogP contribution < -0.4 is 4.90 Å². The standard InChI is InChI=1S/C49H31Br2N/c50-34-24-29-47(51)42(30-34)33-22-25-35(26-23-33)52(48-21-11-7-14-37(48)32-12-2-1-3-13-32)36-27-28-41-40-17-6-10-20-45(40)49(46(41)31-36)43-18-8-4-15-38(43)39-16-5-9-19-44(39)49/h1-31H. The van der Waals surface area contributed by atoms with Gasteiger partial charge in [-0.2, -0.15) is 0 Å². The minimum absolute atomic E-state index is 0.420. The molecule has 0 N–H and O–H groups in total. The summed E-state index contributed by atoms with van der Waals surface area (Å²) in [5, 5.41) is 0. The number of halogens is 2. The fraction of sp³-hybridized carbons (Fsp3) is 0.0204. The number of nitrogens with zero attached hydrogens (tertiary/aromatic N) is 1. The molecule has 0 unspecified atom stereocenters. The number of benzene rings is 8. The van der Waals surface area contributed by atoms with Gasteiger partial charge in [-0.1, -0.05) is 171 Å². The van der Waals surface area contributed by atoms with Crippen LogP contribution in [0.5, 0.6) is 0 Å². The molecule has 0 aromatic heterocycles. The summed E-state index contributed by atoms with van der Waals surface area (Å²) in [5.74, 6) is 0. The summed E-state index contributed by atoms with van der Waals surface area (Å²) < 4.78 is 2.12. The zero-order valence-electron chi connectivity index (χ0n) is 28.1. The summed E-state index contributed by atoms with van der Waals surface area (Å²) >= 11 is 7.46. The molecule has 10 rings (SSSR count). The molecule has 0 fully saturated rings. The quantitative estimate of drug-likeness (QED) is 0.168. The smallest absolute Gasteiger partial charge is 0.0726 e. The van der Waals surface area contributed by atoms with Crippen LogP contribution in [0, 0.1) is 0 Å². The molecule has 1 nitrogen and oxygen atoms in total.